The number of rotatable bonds is 3. The highest BCUT2D eigenvalue weighted by Gasteiger charge is 2.02. The molecule has 61 valence electrons. The summed E-state index contributed by atoms with van der Waals surface area (Å²) in [5.41, 5.74) is 0.874. The van der Waals surface area contributed by atoms with Gasteiger partial charge < -0.3 is 15.5 Å². The summed E-state index contributed by atoms with van der Waals surface area (Å²) in [6.07, 6.45) is 6.06. The van der Waals surface area contributed by atoms with Gasteiger partial charge in [-0.25, -0.2) is 0 Å². The standard InChI is InChI=1S/C8H12NO2/c10-5-4-9-7-2-1-3-8(11)6-7/h2-3,6,9-11H,1,4-5H2. The molecule has 0 saturated carbocycles. The first-order valence-corrected chi connectivity index (χ1v) is 3.61. The van der Waals surface area contributed by atoms with Crippen LogP contribution in [0.25, 0.3) is 0 Å². The normalized spacial score (nSPS) is 17.2. The molecule has 0 aliphatic heterocycles. The van der Waals surface area contributed by atoms with E-state index in [9.17, 15) is 0 Å². The van der Waals surface area contributed by atoms with Crippen molar-refractivity contribution in [1.82, 2.24) is 5.32 Å². The molecule has 0 aromatic heterocycles. The molecular weight excluding hydrogens is 142 g/mol. The maximum Gasteiger partial charge on any atom is 0.0984 e. The summed E-state index contributed by atoms with van der Waals surface area (Å²) in [6, 6.07) is 0. The fourth-order valence-electron chi connectivity index (χ4n) is 0.907. The third-order valence-electron chi connectivity index (χ3n) is 1.41. The van der Waals surface area contributed by atoms with E-state index in [0.29, 0.717) is 6.54 Å². The Labute approximate surface area is 66.0 Å². The van der Waals surface area contributed by atoms with Crippen molar-refractivity contribution in [3.05, 3.63) is 30.0 Å². The Morgan fingerprint density at radius 3 is 3.00 bits per heavy atom. The summed E-state index contributed by atoms with van der Waals surface area (Å²) < 4.78 is 0. The number of aliphatic hydroxyl groups is 2. The lowest BCUT2D eigenvalue weighted by Gasteiger charge is -2.10. The molecule has 1 aliphatic carbocycles. The van der Waals surface area contributed by atoms with Crippen LogP contribution >= 0.6 is 0 Å². The van der Waals surface area contributed by atoms with E-state index in [1.807, 2.05) is 6.08 Å². The molecule has 0 fully saturated rings. The molecule has 3 nitrogen and oxygen atoms in total. The fourth-order valence-corrected chi connectivity index (χ4v) is 0.907. The molecule has 1 aliphatic rings. The van der Waals surface area contributed by atoms with Gasteiger partial charge in [-0.15, -0.1) is 0 Å². The van der Waals surface area contributed by atoms with Crippen molar-refractivity contribution in [2.45, 2.75) is 6.42 Å². The van der Waals surface area contributed by atoms with Crippen LogP contribution in [0.2, 0.25) is 0 Å². The van der Waals surface area contributed by atoms with Gasteiger partial charge in [0, 0.05) is 18.7 Å². The van der Waals surface area contributed by atoms with E-state index in [1.54, 1.807) is 12.5 Å². The lowest BCUT2D eigenvalue weighted by molar-refractivity contribution is 0.297. The highest BCUT2D eigenvalue weighted by molar-refractivity contribution is 5.28. The van der Waals surface area contributed by atoms with Crippen LogP contribution in [0.15, 0.2) is 23.6 Å². The van der Waals surface area contributed by atoms with E-state index < -0.39 is 0 Å². The average Bonchev–Trinajstić information content (AvgIpc) is 2.01. The van der Waals surface area contributed by atoms with Crippen LogP contribution in [0.5, 0.6) is 0 Å². The van der Waals surface area contributed by atoms with Crippen LogP contribution in [-0.2, 0) is 0 Å². The smallest absolute Gasteiger partial charge is 0.0984 e. The molecule has 3 N–H and O–H groups in total. The van der Waals surface area contributed by atoms with Gasteiger partial charge in [0.25, 0.3) is 0 Å². The van der Waals surface area contributed by atoms with E-state index in [-0.39, 0.29) is 12.4 Å². The monoisotopic (exact) mass is 154 g/mol. The third kappa shape index (κ3) is 2.63. The van der Waals surface area contributed by atoms with Gasteiger partial charge in [-0.1, -0.05) is 6.08 Å². The number of allylic oxidation sites excluding steroid dienone is 3. The number of hydrogen-bond donors (Lipinski definition) is 3. The van der Waals surface area contributed by atoms with Gasteiger partial charge in [-0.05, 0) is 12.5 Å². The quantitative estimate of drug-likeness (QED) is 0.555. The molecule has 0 saturated heterocycles. The molecule has 0 atom stereocenters. The summed E-state index contributed by atoms with van der Waals surface area (Å²) in [5, 5.41) is 20.5. The molecular formula is C8H12NO2. The Morgan fingerprint density at radius 1 is 1.55 bits per heavy atom. The molecule has 3 heteroatoms. The lowest BCUT2D eigenvalue weighted by atomic mass is 10.1. The van der Waals surface area contributed by atoms with Crippen LogP contribution < -0.4 is 5.32 Å². The minimum atomic E-state index is 0.107. The Bertz CT molecular complexity index is 185. The zero-order valence-electron chi connectivity index (χ0n) is 6.25. The van der Waals surface area contributed by atoms with Crippen LogP contribution in [0, 0.1) is 6.42 Å². The predicted octanol–water partition coefficient (Wildman–Crippen LogP) is 0.502. The zero-order valence-corrected chi connectivity index (χ0v) is 6.25. The maximum absolute atomic E-state index is 9.04. The largest absolute Gasteiger partial charge is 0.512 e. The Balaban J connectivity index is 2.39. The summed E-state index contributed by atoms with van der Waals surface area (Å²) in [7, 11) is 0. The third-order valence-corrected chi connectivity index (χ3v) is 1.41. The van der Waals surface area contributed by atoms with Gasteiger partial charge in [0.2, 0.25) is 0 Å². The SMILES string of the molecule is OCCNC1=CC[CH]C(O)=C1. The van der Waals surface area contributed by atoms with Gasteiger partial charge in [0.1, 0.15) is 0 Å². The number of nitrogens with one attached hydrogen (secondary N) is 1. The average molecular weight is 154 g/mol. The number of aliphatic hydroxyl groups excluding tert-OH is 2. The highest BCUT2D eigenvalue weighted by Crippen LogP contribution is 2.11. The Hall–Kier alpha value is -0.960. The van der Waals surface area contributed by atoms with Crippen molar-refractivity contribution in [3.8, 4) is 0 Å². The summed E-state index contributed by atoms with van der Waals surface area (Å²) in [5.74, 6) is 0.285. The van der Waals surface area contributed by atoms with Gasteiger partial charge >= 0.3 is 0 Å². The van der Waals surface area contributed by atoms with Crippen molar-refractivity contribution >= 4 is 0 Å². The minimum absolute atomic E-state index is 0.107. The second-order valence-electron chi connectivity index (χ2n) is 2.32. The highest BCUT2D eigenvalue weighted by atomic mass is 16.3. The Kier molecular flexibility index (Phi) is 2.98. The molecule has 0 aromatic rings. The van der Waals surface area contributed by atoms with Crippen molar-refractivity contribution < 1.29 is 10.2 Å². The van der Waals surface area contributed by atoms with E-state index in [4.69, 9.17) is 10.2 Å². The molecule has 0 aromatic carbocycles. The number of hydrogen-bond acceptors (Lipinski definition) is 3. The van der Waals surface area contributed by atoms with E-state index in [0.717, 1.165) is 12.1 Å². The van der Waals surface area contributed by atoms with E-state index in [2.05, 4.69) is 5.32 Å². The summed E-state index contributed by atoms with van der Waals surface area (Å²) >= 11 is 0. The first-order chi connectivity index (χ1) is 5.33. The van der Waals surface area contributed by atoms with Crippen LogP contribution in [-0.4, -0.2) is 23.4 Å². The van der Waals surface area contributed by atoms with Gasteiger partial charge in [-0.3, -0.25) is 0 Å². The molecule has 0 amide bonds. The zero-order chi connectivity index (χ0) is 8.10. The first-order valence-electron chi connectivity index (χ1n) is 3.61. The second-order valence-corrected chi connectivity index (χ2v) is 2.32. The molecule has 1 rings (SSSR count). The van der Waals surface area contributed by atoms with Crippen LogP contribution in [0.3, 0.4) is 0 Å². The van der Waals surface area contributed by atoms with Crippen LogP contribution in [0.1, 0.15) is 6.42 Å². The summed E-state index contributed by atoms with van der Waals surface area (Å²) in [4.78, 5) is 0. The van der Waals surface area contributed by atoms with Gasteiger partial charge in [-0.2, -0.15) is 0 Å². The molecule has 0 bridgehead atoms. The fraction of sp³-hybridized carbons (Fsp3) is 0.375. The first kappa shape index (κ1) is 8.14. The topological polar surface area (TPSA) is 52.5 Å². The van der Waals surface area contributed by atoms with E-state index >= 15 is 0 Å². The molecule has 11 heavy (non-hydrogen) atoms. The lowest BCUT2D eigenvalue weighted by Crippen LogP contribution is -2.17. The summed E-state index contributed by atoms with van der Waals surface area (Å²) in [6.45, 7) is 0.630. The molecule has 0 heterocycles. The van der Waals surface area contributed by atoms with Gasteiger partial charge in [0.15, 0.2) is 0 Å². The van der Waals surface area contributed by atoms with Crippen molar-refractivity contribution in [1.29, 1.82) is 0 Å². The second kappa shape index (κ2) is 4.03. The van der Waals surface area contributed by atoms with Crippen LogP contribution in [0.4, 0.5) is 0 Å². The maximum atomic E-state index is 9.04. The Morgan fingerprint density at radius 2 is 2.36 bits per heavy atom. The predicted molar refractivity (Wildman–Crippen MR) is 42.8 cm³/mol. The van der Waals surface area contributed by atoms with Crippen molar-refractivity contribution in [2.75, 3.05) is 13.2 Å². The molecule has 0 spiro atoms. The van der Waals surface area contributed by atoms with Crippen molar-refractivity contribution in [2.24, 2.45) is 0 Å². The van der Waals surface area contributed by atoms with E-state index in [1.165, 1.54) is 0 Å². The van der Waals surface area contributed by atoms with Gasteiger partial charge in [0.05, 0.1) is 12.4 Å². The molecule has 1 radical (unpaired) electrons. The van der Waals surface area contributed by atoms with Crippen molar-refractivity contribution in [3.63, 3.8) is 0 Å². The molecule has 0 unspecified atom stereocenters. The minimum Gasteiger partial charge on any atom is -0.512 e.